The molecule has 36 heavy (non-hydrogen) atoms. The van der Waals surface area contributed by atoms with Crippen molar-refractivity contribution in [2.75, 3.05) is 5.32 Å². The van der Waals surface area contributed by atoms with Crippen LogP contribution >= 0.6 is 12.2 Å². The number of carbonyl (C=O) groups excluding carboxylic acids is 1. The van der Waals surface area contributed by atoms with Crippen LogP contribution < -0.4 is 10.6 Å². The van der Waals surface area contributed by atoms with E-state index in [0.29, 0.717) is 17.5 Å². The number of carbonyl (C=O) groups is 1. The number of benzene rings is 2. The molecular weight excluding hydrogens is 466 g/mol. The van der Waals surface area contributed by atoms with Gasteiger partial charge in [-0.2, -0.15) is 4.80 Å². The second kappa shape index (κ2) is 8.94. The molecule has 4 bridgehead atoms. The summed E-state index contributed by atoms with van der Waals surface area (Å²) in [5, 5.41) is 15.9. The van der Waals surface area contributed by atoms with Crippen LogP contribution in [-0.4, -0.2) is 26.0 Å². The molecule has 0 atom stereocenters. The van der Waals surface area contributed by atoms with Gasteiger partial charge in [0, 0.05) is 12.1 Å². The number of aromatic nitrogens is 3. The van der Waals surface area contributed by atoms with Crippen LogP contribution in [0.4, 0.5) is 5.69 Å². The molecule has 1 heterocycles. The molecule has 1 amide bonds. The third-order valence-corrected chi connectivity index (χ3v) is 8.92. The topological polar surface area (TPSA) is 71.8 Å². The van der Waals surface area contributed by atoms with Crippen molar-refractivity contribution in [1.29, 1.82) is 0 Å². The Balaban J connectivity index is 1.12. The van der Waals surface area contributed by atoms with E-state index in [1.807, 2.05) is 19.1 Å². The number of anilines is 1. The van der Waals surface area contributed by atoms with Crippen LogP contribution in [0, 0.1) is 30.1 Å². The Kier molecular flexibility index (Phi) is 5.86. The van der Waals surface area contributed by atoms with Crippen molar-refractivity contribution >= 4 is 40.0 Å². The van der Waals surface area contributed by atoms with Gasteiger partial charge in [0.15, 0.2) is 5.11 Å². The van der Waals surface area contributed by atoms with E-state index in [9.17, 15) is 4.79 Å². The van der Waals surface area contributed by atoms with Gasteiger partial charge in [-0.05, 0) is 122 Å². The predicted molar refractivity (Wildman–Crippen MR) is 147 cm³/mol. The lowest BCUT2D eigenvalue weighted by Gasteiger charge is -2.56. The number of rotatable bonds is 5. The lowest BCUT2D eigenvalue weighted by Crippen LogP contribution is -2.48. The second-order valence-electron chi connectivity index (χ2n) is 12.0. The quantitative estimate of drug-likeness (QED) is 0.403. The van der Waals surface area contributed by atoms with Crippen LogP contribution in [-0.2, 0) is 4.79 Å². The fraction of sp³-hybridized carbons (Fsp3) is 0.517. The summed E-state index contributed by atoms with van der Waals surface area (Å²) < 4.78 is 0. The van der Waals surface area contributed by atoms with Gasteiger partial charge in [-0.25, -0.2) is 0 Å². The van der Waals surface area contributed by atoms with Gasteiger partial charge >= 0.3 is 0 Å². The highest BCUT2D eigenvalue weighted by atomic mass is 32.1. The molecule has 0 spiro atoms. The molecule has 0 saturated heterocycles. The first kappa shape index (κ1) is 23.6. The van der Waals surface area contributed by atoms with Crippen molar-refractivity contribution in [2.45, 2.75) is 71.6 Å². The average molecular weight is 502 g/mol. The number of thiocarbonyl (C=S) groups is 1. The minimum atomic E-state index is 0.0453. The average Bonchev–Trinajstić information content (AvgIpc) is 3.20. The van der Waals surface area contributed by atoms with E-state index < -0.39 is 0 Å². The summed E-state index contributed by atoms with van der Waals surface area (Å²) in [7, 11) is 0. The maximum atomic E-state index is 13.0. The molecule has 7 heteroatoms. The Morgan fingerprint density at radius 1 is 1.03 bits per heavy atom. The Morgan fingerprint density at radius 2 is 1.61 bits per heavy atom. The Labute approximate surface area is 218 Å². The molecule has 4 fully saturated rings. The fourth-order valence-corrected chi connectivity index (χ4v) is 7.71. The highest BCUT2D eigenvalue weighted by molar-refractivity contribution is 7.80. The largest absolute Gasteiger partial charge is 0.332 e. The van der Waals surface area contributed by atoms with Gasteiger partial charge in [0.25, 0.3) is 0 Å². The molecule has 4 saturated carbocycles. The molecule has 2 aromatic carbocycles. The van der Waals surface area contributed by atoms with Crippen LogP contribution in [0.1, 0.15) is 75.8 Å². The van der Waals surface area contributed by atoms with Gasteiger partial charge in [-0.15, -0.1) is 10.2 Å². The monoisotopic (exact) mass is 501 g/mol. The van der Waals surface area contributed by atoms with Crippen LogP contribution in [0.3, 0.4) is 0 Å². The fourth-order valence-electron chi connectivity index (χ4n) is 7.48. The Bertz CT molecular complexity index is 1290. The molecule has 0 unspecified atom stereocenters. The zero-order valence-electron chi connectivity index (χ0n) is 21.4. The van der Waals surface area contributed by atoms with Gasteiger partial charge in [-0.3, -0.25) is 4.79 Å². The van der Waals surface area contributed by atoms with Crippen LogP contribution in [0.25, 0.3) is 16.7 Å². The number of amides is 1. The lowest BCUT2D eigenvalue weighted by molar-refractivity contribution is -0.127. The van der Waals surface area contributed by atoms with Crippen molar-refractivity contribution in [3.05, 3.63) is 47.5 Å². The summed E-state index contributed by atoms with van der Waals surface area (Å²) in [4.78, 5) is 14.7. The van der Waals surface area contributed by atoms with E-state index in [2.05, 4.69) is 58.9 Å². The van der Waals surface area contributed by atoms with E-state index in [1.54, 1.807) is 4.80 Å². The summed E-state index contributed by atoms with van der Waals surface area (Å²) in [6.45, 7) is 6.38. The Morgan fingerprint density at radius 3 is 2.19 bits per heavy atom. The zero-order chi connectivity index (χ0) is 25.0. The SMILES string of the molecule is Cc1cc2nn(-c3ccc(C(C)C)cc3)nc2cc1NC(=S)NC(=O)CC12CC3CC(CC(C3)C1)C2. The lowest BCUT2D eigenvalue weighted by atomic mass is 9.49. The van der Waals surface area contributed by atoms with Gasteiger partial charge in [0.05, 0.1) is 5.69 Å². The van der Waals surface area contributed by atoms with Crippen molar-refractivity contribution < 1.29 is 4.79 Å². The molecule has 2 N–H and O–H groups in total. The number of aryl methyl sites for hydroxylation is 1. The maximum Gasteiger partial charge on any atom is 0.226 e. The summed E-state index contributed by atoms with van der Waals surface area (Å²) in [5.41, 5.74) is 5.86. The zero-order valence-corrected chi connectivity index (χ0v) is 22.2. The minimum absolute atomic E-state index is 0.0453. The van der Waals surface area contributed by atoms with Gasteiger partial charge in [0.2, 0.25) is 5.91 Å². The standard InChI is InChI=1S/C29H35N5OS/c1-17(2)22-4-6-23(7-5-22)34-32-25-8-18(3)24(12-26(25)33-34)30-28(36)31-27(35)16-29-13-19-9-20(14-29)11-21(10-19)15-29/h4-8,12,17,19-21H,9-11,13-16H2,1-3H3,(H2,30,31,35,36). The molecule has 6 nitrogen and oxygen atoms in total. The van der Waals surface area contributed by atoms with Crippen molar-refractivity contribution in [3.63, 3.8) is 0 Å². The van der Waals surface area contributed by atoms with E-state index in [0.717, 1.165) is 45.7 Å². The summed E-state index contributed by atoms with van der Waals surface area (Å²) >= 11 is 5.53. The molecule has 7 rings (SSSR count). The third-order valence-electron chi connectivity index (χ3n) is 8.72. The number of nitrogens with zero attached hydrogens (tertiary/aromatic N) is 3. The summed E-state index contributed by atoms with van der Waals surface area (Å²) in [5.74, 6) is 3.04. The normalized spacial score (nSPS) is 26.5. The van der Waals surface area contributed by atoms with Gasteiger partial charge in [0.1, 0.15) is 11.0 Å². The van der Waals surface area contributed by atoms with E-state index >= 15 is 0 Å². The molecule has 4 aliphatic carbocycles. The maximum absolute atomic E-state index is 13.0. The van der Waals surface area contributed by atoms with Crippen LogP contribution in [0.15, 0.2) is 36.4 Å². The van der Waals surface area contributed by atoms with E-state index in [-0.39, 0.29) is 11.3 Å². The smallest absolute Gasteiger partial charge is 0.226 e. The molecule has 4 aliphatic rings. The molecule has 1 aromatic heterocycles. The molecular formula is C29H35N5OS. The van der Waals surface area contributed by atoms with E-state index in [1.165, 1.54) is 44.1 Å². The van der Waals surface area contributed by atoms with Crippen LogP contribution in [0.5, 0.6) is 0 Å². The summed E-state index contributed by atoms with van der Waals surface area (Å²) in [6.07, 6.45) is 8.42. The number of nitrogens with one attached hydrogen (secondary N) is 2. The van der Waals surface area contributed by atoms with Crippen molar-refractivity contribution in [2.24, 2.45) is 23.2 Å². The number of hydrogen-bond acceptors (Lipinski definition) is 4. The second-order valence-corrected chi connectivity index (χ2v) is 12.4. The van der Waals surface area contributed by atoms with E-state index in [4.69, 9.17) is 12.2 Å². The van der Waals surface area contributed by atoms with Crippen molar-refractivity contribution in [3.8, 4) is 5.69 Å². The Hall–Kier alpha value is -2.80. The highest BCUT2D eigenvalue weighted by Gasteiger charge is 2.51. The summed E-state index contributed by atoms with van der Waals surface area (Å²) in [6, 6.07) is 12.3. The highest BCUT2D eigenvalue weighted by Crippen LogP contribution is 2.61. The molecule has 188 valence electrons. The molecule has 0 radical (unpaired) electrons. The minimum Gasteiger partial charge on any atom is -0.332 e. The molecule has 3 aromatic rings. The van der Waals surface area contributed by atoms with Gasteiger partial charge in [-0.1, -0.05) is 26.0 Å². The number of fused-ring (bicyclic) bond motifs is 1. The first-order valence-electron chi connectivity index (χ1n) is 13.3. The first-order valence-corrected chi connectivity index (χ1v) is 13.7. The third kappa shape index (κ3) is 4.54. The van der Waals surface area contributed by atoms with Gasteiger partial charge < -0.3 is 10.6 Å². The van der Waals surface area contributed by atoms with Crippen LogP contribution in [0.2, 0.25) is 0 Å². The predicted octanol–water partition coefficient (Wildman–Crippen LogP) is 6.27. The number of hydrogen-bond donors (Lipinski definition) is 2. The first-order chi connectivity index (χ1) is 17.2. The molecule has 0 aliphatic heterocycles. The van der Waals surface area contributed by atoms with Crippen molar-refractivity contribution in [1.82, 2.24) is 20.3 Å².